The van der Waals surface area contributed by atoms with Crippen molar-refractivity contribution in [3.63, 3.8) is 0 Å². The van der Waals surface area contributed by atoms with Gasteiger partial charge in [0.05, 0.1) is 12.6 Å². The van der Waals surface area contributed by atoms with E-state index in [4.69, 9.17) is 4.74 Å². The topological polar surface area (TPSA) is 67.7 Å². The van der Waals surface area contributed by atoms with Crippen LogP contribution in [0.15, 0.2) is 12.3 Å². The molecular formula is C15H22N4O3. The van der Waals surface area contributed by atoms with Gasteiger partial charge in [0.15, 0.2) is 0 Å². The fraction of sp³-hybridized carbons (Fsp3) is 0.667. The monoisotopic (exact) mass is 306 g/mol. The summed E-state index contributed by atoms with van der Waals surface area (Å²) in [6.45, 7) is 4.62. The summed E-state index contributed by atoms with van der Waals surface area (Å²) in [6.07, 6.45) is 2.51. The highest BCUT2D eigenvalue weighted by atomic mass is 16.5. The summed E-state index contributed by atoms with van der Waals surface area (Å²) in [5.74, 6) is 0.279. The predicted octanol–water partition coefficient (Wildman–Crippen LogP) is 0.222. The molecule has 0 aliphatic carbocycles. The lowest BCUT2D eigenvalue weighted by Crippen LogP contribution is -2.54. The summed E-state index contributed by atoms with van der Waals surface area (Å²) in [6, 6.07) is 1.79. The molecule has 1 aromatic heterocycles. The molecule has 3 rings (SSSR count). The molecule has 2 amide bonds. The Balaban J connectivity index is 1.77. The largest absolute Gasteiger partial charge is 0.371 e. The molecule has 3 heterocycles. The van der Waals surface area contributed by atoms with Gasteiger partial charge in [0.25, 0.3) is 5.91 Å². The van der Waals surface area contributed by atoms with Crippen molar-refractivity contribution in [1.29, 1.82) is 0 Å². The van der Waals surface area contributed by atoms with E-state index in [-0.39, 0.29) is 24.5 Å². The molecule has 7 heteroatoms. The van der Waals surface area contributed by atoms with Crippen molar-refractivity contribution in [2.45, 2.75) is 25.9 Å². The van der Waals surface area contributed by atoms with Crippen molar-refractivity contribution in [2.75, 3.05) is 33.4 Å². The molecule has 0 radical (unpaired) electrons. The van der Waals surface area contributed by atoms with Crippen LogP contribution in [0.2, 0.25) is 0 Å². The summed E-state index contributed by atoms with van der Waals surface area (Å²) in [7, 11) is 1.80. The molecule has 1 aromatic rings. The van der Waals surface area contributed by atoms with Crippen LogP contribution in [-0.4, -0.2) is 70.8 Å². The Kier molecular flexibility index (Phi) is 4.15. The number of fused-ring (bicyclic) bond motifs is 1. The minimum Gasteiger partial charge on any atom is -0.371 e. The van der Waals surface area contributed by atoms with Gasteiger partial charge in [0.2, 0.25) is 5.91 Å². The highest BCUT2D eigenvalue weighted by molar-refractivity contribution is 5.92. The second-order valence-electron chi connectivity index (χ2n) is 5.92. The number of ether oxygens (including phenoxy) is 1. The van der Waals surface area contributed by atoms with Gasteiger partial charge < -0.3 is 14.5 Å². The highest BCUT2D eigenvalue weighted by Gasteiger charge is 2.38. The Labute approximate surface area is 129 Å². The lowest BCUT2D eigenvalue weighted by Gasteiger charge is -2.41. The van der Waals surface area contributed by atoms with Crippen molar-refractivity contribution < 1.29 is 14.3 Å². The normalized spacial score (nSPS) is 25.8. The molecular weight excluding hydrogens is 284 g/mol. The van der Waals surface area contributed by atoms with Gasteiger partial charge in [0, 0.05) is 38.8 Å². The third-order valence-electron chi connectivity index (χ3n) is 4.69. The Bertz CT molecular complexity index is 571. The lowest BCUT2D eigenvalue weighted by atomic mass is 9.91. The highest BCUT2D eigenvalue weighted by Crippen LogP contribution is 2.25. The van der Waals surface area contributed by atoms with E-state index in [1.165, 1.54) is 0 Å². The average Bonchev–Trinajstić information content (AvgIpc) is 2.96. The second kappa shape index (κ2) is 6.08. The number of amides is 2. The molecule has 0 aromatic carbocycles. The van der Waals surface area contributed by atoms with E-state index in [1.54, 1.807) is 28.9 Å². The van der Waals surface area contributed by atoms with Gasteiger partial charge in [-0.15, -0.1) is 0 Å². The van der Waals surface area contributed by atoms with Crippen LogP contribution in [0.4, 0.5) is 0 Å². The van der Waals surface area contributed by atoms with Crippen molar-refractivity contribution in [3.05, 3.63) is 18.0 Å². The fourth-order valence-electron chi connectivity index (χ4n) is 3.31. The Morgan fingerprint density at radius 3 is 3.09 bits per heavy atom. The van der Waals surface area contributed by atoms with Crippen LogP contribution in [0, 0.1) is 5.92 Å². The maximum Gasteiger partial charge on any atom is 0.272 e. The number of hydrogen-bond acceptors (Lipinski definition) is 4. The number of likely N-dealkylation sites (tertiary alicyclic amines) is 1. The van der Waals surface area contributed by atoms with Gasteiger partial charge >= 0.3 is 0 Å². The quantitative estimate of drug-likeness (QED) is 0.784. The van der Waals surface area contributed by atoms with Gasteiger partial charge in [-0.05, 0) is 19.4 Å². The van der Waals surface area contributed by atoms with Crippen molar-refractivity contribution >= 4 is 11.8 Å². The summed E-state index contributed by atoms with van der Waals surface area (Å²) >= 11 is 0. The van der Waals surface area contributed by atoms with Crippen LogP contribution in [0.1, 0.15) is 23.8 Å². The third-order valence-corrected chi connectivity index (χ3v) is 4.69. The smallest absolute Gasteiger partial charge is 0.272 e. The number of carbonyl (C=O) groups excluding carboxylic acids is 2. The van der Waals surface area contributed by atoms with Gasteiger partial charge in [-0.25, -0.2) is 0 Å². The standard InChI is InChI=1S/C15H22N4O3/c1-3-19-12(4-6-16-19)15(21)18-7-5-11-9-22-10-14(20)17(2)13(11)8-18/h4,6,11,13H,3,5,7-10H2,1-2H3/t11-,13-/m0/s1. The third kappa shape index (κ3) is 2.61. The number of aromatic nitrogens is 2. The first kappa shape index (κ1) is 15.0. The first-order valence-corrected chi connectivity index (χ1v) is 7.76. The summed E-state index contributed by atoms with van der Waals surface area (Å²) < 4.78 is 7.15. The Morgan fingerprint density at radius 2 is 2.32 bits per heavy atom. The SMILES string of the molecule is CCn1nccc1C(=O)N1CC[C@H]2COCC(=O)N(C)[C@H]2C1. The zero-order valence-electron chi connectivity index (χ0n) is 13.1. The molecule has 0 N–H and O–H groups in total. The van der Waals surface area contributed by atoms with Crippen molar-refractivity contribution in [2.24, 2.45) is 5.92 Å². The summed E-state index contributed by atoms with van der Waals surface area (Å²) in [5, 5.41) is 4.16. The fourth-order valence-corrected chi connectivity index (χ4v) is 3.31. The second-order valence-corrected chi connectivity index (χ2v) is 5.92. The molecule has 2 aliphatic rings. The van der Waals surface area contributed by atoms with Crippen LogP contribution in [0.5, 0.6) is 0 Å². The molecule has 2 saturated heterocycles. The molecule has 0 spiro atoms. The number of aryl methyl sites for hydroxylation is 1. The minimum absolute atomic E-state index is 0.0104. The first-order chi connectivity index (χ1) is 10.6. The number of rotatable bonds is 2. The zero-order valence-corrected chi connectivity index (χ0v) is 13.1. The van der Waals surface area contributed by atoms with Crippen molar-refractivity contribution in [3.8, 4) is 0 Å². The van der Waals surface area contributed by atoms with Crippen LogP contribution in [0.25, 0.3) is 0 Å². The number of piperidine rings is 1. The maximum atomic E-state index is 12.7. The number of hydrogen-bond donors (Lipinski definition) is 0. The van der Waals surface area contributed by atoms with Crippen LogP contribution in [0.3, 0.4) is 0 Å². The van der Waals surface area contributed by atoms with E-state index in [2.05, 4.69) is 5.10 Å². The predicted molar refractivity (Wildman–Crippen MR) is 79.3 cm³/mol. The Hall–Kier alpha value is -1.89. The minimum atomic E-state index is -0.0135. The lowest BCUT2D eigenvalue weighted by molar-refractivity contribution is -0.134. The Morgan fingerprint density at radius 1 is 1.50 bits per heavy atom. The number of likely N-dealkylation sites (N-methyl/N-ethyl adjacent to an activating group) is 1. The average molecular weight is 306 g/mol. The van der Waals surface area contributed by atoms with Gasteiger partial charge in [-0.1, -0.05) is 0 Å². The number of nitrogens with zero attached hydrogens (tertiary/aromatic N) is 4. The van der Waals surface area contributed by atoms with Crippen LogP contribution in [-0.2, 0) is 16.1 Å². The first-order valence-electron chi connectivity index (χ1n) is 7.76. The van der Waals surface area contributed by atoms with Gasteiger partial charge in [-0.3, -0.25) is 14.3 Å². The summed E-state index contributed by atoms with van der Waals surface area (Å²) in [5.41, 5.74) is 0.611. The van der Waals surface area contributed by atoms with Crippen LogP contribution >= 0.6 is 0 Å². The molecule has 7 nitrogen and oxygen atoms in total. The molecule has 0 bridgehead atoms. The van der Waals surface area contributed by atoms with E-state index in [1.807, 2.05) is 11.8 Å². The van der Waals surface area contributed by atoms with E-state index < -0.39 is 0 Å². The number of carbonyl (C=O) groups is 2. The van der Waals surface area contributed by atoms with Gasteiger partial charge in [-0.2, -0.15) is 5.10 Å². The maximum absolute atomic E-state index is 12.7. The van der Waals surface area contributed by atoms with E-state index in [0.717, 1.165) is 6.42 Å². The molecule has 2 fully saturated rings. The molecule has 0 unspecified atom stereocenters. The van der Waals surface area contributed by atoms with Crippen molar-refractivity contribution in [1.82, 2.24) is 19.6 Å². The van der Waals surface area contributed by atoms with Gasteiger partial charge in [0.1, 0.15) is 12.3 Å². The zero-order chi connectivity index (χ0) is 15.7. The van der Waals surface area contributed by atoms with E-state index in [0.29, 0.717) is 37.9 Å². The molecule has 2 aliphatic heterocycles. The molecule has 2 atom stereocenters. The van der Waals surface area contributed by atoms with E-state index in [9.17, 15) is 9.59 Å². The molecule has 0 saturated carbocycles. The summed E-state index contributed by atoms with van der Waals surface area (Å²) in [4.78, 5) is 28.3. The molecule has 22 heavy (non-hydrogen) atoms. The van der Waals surface area contributed by atoms with E-state index >= 15 is 0 Å². The van der Waals surface area contributed by atoms with Crippen LogP contribution < -0.4 is 0 Å². The molecule has 120 valence electrons.